The molecule has 31 heavy (non-hydrogen) atoms. The highest BCUT2D eigenvalue weighted by molar-refractivity contribution is 5.75. The molecule has 1 fully saturated rings. The molecule has 8 heteroatoms. The molecule has 5 heterocycles. The molecule has 0 radical (unpaired) electrons. The molecule has 4 aromatic heterocycles. The first-order chi connectivity index (χ1) is 15.2. The van der Waals surface area contributed by atoms with Gasteiger partial charge in [-0.2, -0.15) is 15.5 Å². The quantitative estimate of drug-likeness (QED) is 0.538. The zero-order chi connectivity index (χ0) is 21.2. The van der Waals surface area contributed by atoms with Gasteiger partial charge in [0.2, 0.25) is 0 Å². The first kappa shape index (κ1) is 19.3. The molecule has 0 amide bonds. The van der Waals surface area contributed by atoms with Crippen LogP contribution in [0.3, 0.4) is 0 Å². The predicted octanol–water partition coefficient (Wildman–Crippen LogP) is 3.53. The van der Waals surface area contributed by atoms with E-state index in [1.165, 1.54) is 0 Å². The van der Waals surface area contributed by atoms with E-state index in [0.29, 0.717) is 22.9 Å². The van der Waals surface area contributed by atoms with E-state index in [2.05, 4.69) is 37.4 Å². The normalized spacial score (nSPS) is 15.6. The summed E-state index contributed by atoms with van der Waals surface area (Å²) >= 11 is 0. The average molecular weight is 413 g/mol. The Labute approximate surface area is 180 Å². The Morgan fingerprint density at radius 3 is 2.81 bits per heavy atom. The molecule has 0 unspecified atom stereocenters. The molecule has 0 spiro atoms. The third-order valence-electron chi connectivity index (χ3n) is 5.72. The number of piperidine rings is 1. The Kier molecular flexibility index (Phi) is 5.10. The zero-order valence-corrected chi connectivity index (χ0v) is 17.3. The van der Waals surface area contributed by atoms with Gasteiger partial charge in [0.1, 0.15) is 29.0 Å². The molecular weight excluding hydrogens is 390 g/mol. The maximum Gasteiger partial charge on any atom is 0.148 e. The molecule has 1 atom stereocenters. The van der Waals surface area contributed by atoms with Gasteiger partial charge in [-0.3, -0.25) is 9.67 Å². The molecule has 1 aliphatic heterocycles. The summed E-state index contributed by atoms with van der Waals surface area (Å²) in [4.78, 5) is 4.39. The van der Waals surface area contributed by atoms with Gasteiger partial charge in [-0.15, -0.1) is 0 Å². The highest BCUT2D eigenvalue weighted by Crippen LogP contribution is 2.33. The molecule has 0 bridgehead atoms. The first-order valence-electron chi connectivity index (χ1n) is 10.5. The summed E-state index contributed by atoms with van der Waals surface area (Å²) in [5.74, 6) is 0.597. The summed E-state index contributed by atoms with van der Waals surface area (Å²) < 4.78 is 10.1. The zero-order valence-electron chi connectivity index (χ0n) is 17.3. The Balaban J connectivity index is 1.53. The molecule has 156 valence electrons. The van der Waals surface area contributed by atoms with Gasteiger partial charge in [-0.1, -0.05) is 6.07 Å². The van der Waals surface area contributed by atoms with Crippen molar-refractivity contribution in [3.05, 3.63) is 66.5 Å². The van der Waals surface area contributed by atoms with Crippen LogP contribution in [0.1, 0.15) is 43.2 Å². The minimum absolute atomic E-state index is 0.279. The number of nitriles is 1. The standard InChI is InChI=1S/C23H23N7O/c1-16(21-4-2-3-7-26-21)31-22-10-17(14-30-23(22)18(11-24)12-28-30)19-13-27-29(15-19)20-5-8-25-9-6-20/h2-4,7,10,12-16,20,25H,5-6,8-9H2,1H3/t16-/m0/s1. The van der Waals surface area contributed by atoms with Crippen LogP contribution in [-0.2, 0) is 0 Å². The molecule has 4 aromatic rings. The van der Waals surface area contributed by atoms with E-state index in [4.69, 9.17) is 4.74 Å². The largest absolute Gasteiger partial charge is 0.482 e. The maximum atomic E-state index is 9.54. The number of nitrogens with zero attached hydrogens (tertiary/aromatic N) is 6. The minimum atomic E-state index is -0.279. The highest BCUT2D eigenvalue weighted by atomic mass is 16.5. The third kappa shape index (κ3) is 3.76. The molecule has 0 aliphatic carbocycles. The smallest absolute Gasteiger partial charge is 0.148 e. The van der Waals surface area contributed by atoms with Crippen LogP contribution in [0, 0.1) is 11.3 Å². The molecular formula is C23H23N7O. The Morgan fingerprint density at radius 1 is 1.16 bits per heavy atom. The number of rotatable bonds is 5. The third-order valence-corrected chi connectivity index (χ3v) is 5.72. The van der Waals surface area contributed by atoms with Crippen molar-refractivity contribution in [2.75, 3.05) is 13.1 Å². The Morgan fingerprint density at radius 2 is 2.03 bits per heavy atom. The average Bonchev–Trinajstić information content (AvgIpc) is 3.48. The van der Waals surface area contributed by atoms with Crippen LogP contribution in [-0.4, -0.2) is 37.5 Å². The van der Waals surface area contributed by atoms with Crippen molar-refractivity contribution in [1.82, 2.24) is 29.7 Å². The second kappa shape index (κ2) is 8.20. The second-order valence-electron chi connectivity index (χ2n) is 7.76. The fraction of sp³-hybridized carbons (Fsp3) is 0.304. The lowest BCUT2D eigenvalue weighted by atomic mass is 10.1. The number of nitrogens with one attached hydrogen (secondary N) is 1. The second-order valence-corrected chi connectivity index (χ2v) is 7.76. The van der Waals surface area contributed by atoms with Crippen molar-refractivity contribution in [1.29, 1.82) is 5.26 Å². The highest BCUT2D eigenvalue weighted by Gasteiger charge is 2.19. The van der Waals surface area contributed by atoms with Crippen LogP contribution in [0.15, 0.2) is 55.2 Å². The summed E-state index contributed by atoms with van der Waals surface area (Å²) in [5, 5.41) is 21.9. The molecule has 1 N–H and O–H groups in total. The van der Waals surface area contributed by atoms with Crippen LogP contribution in [0.4, 0.5) is 0 Å². The Hall–Kier alpha value is -3.70. The molecule has 1 saturated heterocycles. The number of hydrogen-bond donors (Lipinski definition) is 1. The molecule has 5 rings (SSSR count). The lowest BCUT2D eigenvalue weighted by Gasteiger charge is -2.22. The Bertz CT molecular complexity index is 1230. The lowest BCUT2D eigenvalue weighted by molar-refractivity contribution is 0.224. The van der Waals surface area contributed by atoms with E-state index in [1.807, 2.05) is 43.6 Å². The first-order valence-corrected chi connectivity index (χ1v) is 10.5. The van der Waals surface area contributed by atoms with Crippen LogP contribution < -0.4 is 10.1 Å². The van der Waals surface area contributed by atoms with Gasteiger partial charge in [0.05, 0.1) is 24.1 Å². The number of aromatic nitrogens is 5. The van der Waals surface area contributed by atoms with Gasteiger partial charge in [0.15, 0.2) is 0 Å². The van der Waals surface area contributed by atoms with Crippen molar-refractivity contribution in [2.24, 2.45) is 0 Å². The summed E-state index contributed by atoms with van der Waals surface area (Å²) in [7, 11) is 0. The van der Waals surface area contributed by atoms with Gasteiger partial charge in [-0.05, 0) is 51.1 Å². The van der Waals surface area contributed by atoms with Crippen molar-refractivity contribution in [3.8, 4) is 22.9 Å². The van der Waals surface area contributed by atoms with Gasteiger partial charge in [0, 0.05) is 29.7 Å². The predicted molar refractivity (Wildman–Crippen MR) is 116 cm³/mol. The van der Waals surface area contributed by atoms with Crippen LogP contribution in [0.5, 0.6) is 5.75 Å². The van der Waals surface area contributed by atoms with Crippen LogP contribution in [0.25, 0.3) is 16.6 Å². The summed E-state index contributed by atoms with van der Waals surface area (Å²) in [6.45, 7) is 3.97. The number of pyridine rings is 2. The van der Waals surface area contributed by atoms with Crippen molar-refractivity contribution in [3.63, 3.8) is 0 Å². The molecule has 0 saturated carbocycles. The fourth-order valence-corrected chi connectivity index (χ4v) is 4.04. The number of ether oxygens (including phenoxy) is 1. The summed E-state index contributed by atoms with van der Waals surface area (Å²) in [6.07, 6.45) is 11.0. The lowest BCUT2D eigenvalue weighted by Crippen LogP contribution is -2.29. The van der Waals surface area contributed by atoms with E-state index >= 15 is 0 Å². The van der Waals surface area contributed by atoms with Crippen LogP contribution >= 0.6 is 0 Å². The van der Waals surface area contributed by atoms with E-state index in [9.17, 15) is 5.26 Å². The minimum Gasteiger partial charge on any atom is -0.482 e. The van der Waals surface area contributed by atoms with Gasteiger partial charge in [-0.25, -0.2) is 4.52 Å². The number of fused-ring (bicyclic) bond motifs is 1. The fourth-order valence-electron chi connectivity index (χ4n) is 4.04. The molecule has 8 nitrogen and oxygen atoms in total. The van der Waals surface area contributed by atoms with Gasteiger partial charge in [0.25, 0.3) is 0 Å². The van der Waals surface area contributed by atoms with Crippen molar-refractivity contribution < 1.29 is 4.74 Å². The van der Waals surface area contributed by atoms with E-state index in [1.54, 1.807) is 16.9 Å². The van der Waals surface area contributed by atoms with Crippen LogP contribution in [0.2, 0.25) is 0 Å². The van der Waals surface area contributed by atoms with Crippen molar-refractivity contribution >= 4 is 5.52 Å². The molecule has 0 aromatic carbocycles. The van der Waals surface area contributed by atoms with E-state index < -0.39 is 0 Å². The maximum absolute atomic E-state index is 9.54. The summed E-state index contributed by atoms with van der Waals surface area (Å²) in [5.41, 5.74) is 3.87. The summed E-state index contributed by atoms with van der Waals surface area (Å²) in [6, 6.07) is 10.3. The molecule has 1 aliphatic rings. The SMILES string of the molecule is C[C@H](Oc1cc(-c2cnn(C3CCNCC3)c2)cn2ncc(C#N)c12)c1ccccn1. The van der Waals surface area contributed by atoms with Gasteiger partial charge >= 0.3 is 0 Å². The monoisotopic (exact) mass is 413 g/mol. The van der Waals surface area contributed by atoms with Gasteiger partial charge < -0.3 is 10.1 Å². The number of hydrogen-bond acceptors (Lipinski definition) is 6. The van der Waals surface area contributed by atoms with E-state index in [-0.39, 0.29) is 6.10 Å². The topological polar surface area (TPSA) is 93.1 Å². The van der Waals surface area contributed by atoms with E-state index in [0.717, 1.165) is 42.8 Å². The van der Waals surface area contributed by atoms with Crippen molar-refractivity contribution in [2.45, 2.75) is 31.9 Å².